The molecule has 0 aliphatic rings. The maximum Gasteiger partial charge on any atom is 0.270 e. The van der Waals surface area contributed by atoms with E-state index >= 15 is 0 Å². The fourth-order valence-corrected chi connectivity index (χ4v) is 1.60. The second-order valence-corrected chi connectivity index (χ2v) is 4.47. The van der Waals surface area contributed by atoms with Crippen molar-refractivity contribution in [1.29, 1.82) is 0 Å². The van der Waals surface area contributed by atoms with Crippen LogP contribution in [-0.4, -0.2) is 25.0 Å². The molecule has 0 saturated heterocycles. The van der Waals surface area contributed by atoms with E-state index in [0.29, 0.717) is 5.95 Å². The van der Waals surface area contributed by atoms with Crippen LogP contribution in [0.4, 0.5) is 0 Å². The topological polar surface area (TPSA) is 56.5 Å². The first kappa shape index (κ1) is 11.2. The van der Waals surface area contributed by atoms with Gasteiger partial charge in [0.15, 0.2) is 0 Å². The highest BCUT2D eigenvalue weighted by atomic mass is 79.9. The second kappa shape index (κ2) is 3.93. The van der Waals surface area contributed by atoms with E-state index in [1.54, 1.807) is 4.68 Å². The summed E-state index contributed by atoms with van der Waals surface area (Å²) in [5.41, 5.74) is 3.60. The number of halogens is 1. The van der Waals surface area contributed by atoms with Crippen LogP contribution in [0.5, 0.6) is 0 Å². The molecule has 84 valence electrons. The van der Waals surface area contributed by atoms with E-state index < -0.39 is 0 Å². The summed E-state index contributed by atoms with van der Waals surface area (Å²) in [6.07, 6.45) is 0. The molecule has 0 spiro atoms. The predicted octanol–water partition coefficient (Wildman–Crippen LogP) is 2.05. The molecule has 0 radical (unpaired) electrons. The van der Waals surface area contributed by atoms with Crippen LogP contribution in [0.15, 0.2) is 4.47 Å². The molecule has 2 rings (SSSR count). The Labute approximate surface area is 102 Å². The lowest BCUT2D eigenvalue weighted by molar-refractivity contribution is 0.729. The standard InChI is InChI=1S/C10H12BrN5/c1-5-6(2)13-14-10(12-5)16-8(4)9(11)7(3)15-16/h1-4H3. The minimum absolute atomic E-state index is 0.509. The van der Waals surface area contributed by atoms with Crippen LogP contribution in [-0.2, 0) is 0 Å². The molecule has 0 aromatic carbocycles. The van der Waals surface area contributed by atoms with Crippen LogP contribution in [0.3, 0.4) is 0 Å². The van der Waals surface area contributed by atoms with E-state index in [4.69, 9.17) is 0 Å². The van der Waals surface area contributed by atoms with Crippen molar-refractivity contribution >= 4 is 15.9 Å². The fourth-order valence-electron chi connectivity index (χ4n) is 1.35. The Hall–Kier alpha value is -1.30. The van der Waals surface area contributed by atoms with Gasteiger partial charge >= 0.3 is 0 Å². The van der Waals surface area contributed by atoms with Crippen molar-refractivity contribution in [3.63, 3.8) is 0 Å². The molecule has 2 aromatic heterocycles. The molecule has 0 atom stereocenters. The minimum atomic E-state index is 0.509. The summed E-state index contributed by atoms with van der Waals surface area (Å²) >= 11 is 3.47. The molecule has 0 aliphatic carbocycles. The van der Waals surface area contributed by atoms with Crippen molar-refractivity contribution in [2.75, 3.05) is 0 Å². The van der Waals surface area contributed by atoms with Gasteiger partial charge in [-0.15, -0.1) is 5.10 Å². The first-order valence-corrected chi connectivity index (χ1v) is 5.70. The number of rotatable bonds is 1. The highest BCUT2D eigenvalue weighted by Crippen LogP contribution is 2.21. The Morgan fingerprint density at radius 3 is 2.12 bits per heavy atom. The van der Waals surface area contributed by atoms with Crippen molar-refractivity contribution in [2.45, 2.75) is 27.7 Å². The van der Waals surface area contributed by atoms with Crippen molar-refractivity contribution in [2.24, 2.45) is 0 Å². The van der Waals surface area contributed by atoms with Crippen molar-refractivity contribution in [3.05, 3.63) is 27.2 Å². The first-order chi connectivity index (χ1) is 7.50. The van der Waals surface area contributed by atoms with E-state index in [1.807, 2.05) is 27.7 Å². The summed E-state index contributed by atoms with van der Waals surface area (Å²) < 4.78 is 2.67. The van der Waals surface area contributed by atoms with Crippen LogP contribution in [0.25, 0.3) is 5.95 Å². The van der Waals surface area contributed by atoms with Gasteiger partial charge < -0.3 is 0 Å². The zero-order valence-corrected chi connectivity index (χ0v) is 11.2. The SMILES string of the molecule is Cc1nnc(-n2nc(C)c(Br)c2C)nc1C. The Balaban J connectivity index is 2.59. The highest BCUT2D eigenvalue weighted by Gasteiger charge is 2.13. The lowest BCUT2D eigenvalue weighted by atomic mass is 10.4. The molecule has 0 bridgehead atoms. The molecule has 16 heavy (non-hydrogen) atoms. The van der Waals surface area contributed by atoms with E-state index in [2.05, 4.69) is 36.2 Å². The van der Waals surface area contributed by atoms with Crippen LogP contribution in [0, 0.1) is 27.7 Å². The quantitative estimate of drug-likeness (QED) is 0.803. The van der Waals surface area contributed by atoms with Gasteiger partial charge in [-0.1, -0.05) is 0 Å². The summed E-state index contributed by atoms with van der Waals surface area (Å²) in [7, 11) is 0. The zero-order chi connectivity index (χ0) is 11.9. The highest BCUT2D eigenvalue weighted by molar-refractivity contribution is 9.10. The largest absolute Gasteiger partial charge is 0.270 e. The van der Waals surface area contributed by atoms with E-state index in [0.717, 1.165) is 27.2 Å². The third kappa shape index (κ3) is 1.73. The van der Waals surface area contributed by atoms with Gasteiger partial charge in [0.25, 0.3) is 5.95 Å². The Bertz CT molecular complexity index is 546. The second-order valence-electron chi connectivity index (χ2n) is 3.68. The maximum atomic E-state index is 4.36. The molecule has 2 heterocycles. The van der Waals surface area contributed by atoms with Gasteiger partial charge in [-0.3, -0.25) is 0 Å². The summed E-state index contributed by atoms with van der Waals surface area (Å²) in [5.74, 6) is 0.509. The Morgan fingerprint density at radius 2 is 1.62 bits per heavy atom. The number of hydrogen-bond acceptors (Lipinski definition) is 4. The Morgan fingerprint density at radius 1 is 0.938 bits per heavy atom. The number of aromatic nitrogens is 5. The molecule has 6 heteroatoms. The van der Waals surface area contributed by atoms with Gasteiger partial charge in [-0.2, -0.15) is 10.2 Å². The first-order valence-electron chi connectivity index (χ1n) is 4.90. The third-order valence-electron chi connectivity index (χ3n) is 2.47. The van der Waals surface area contributed by atoms with E-state index in [1.165, 1.54) is 0 Å². The van der Waals surface area contributed by atoms with Crippen LogP contribution >= 0.6 is 15.9 Å². The number of nitrogens with zero attached hydrogens (tertiary/aromatic N) is 5. The van der Waals surface area contributed by atoms with Gasteiger partial charge in [0.1, 0.15) is 0 Å². The van der Waals surface area contributed by atoms with Crippen molar-refractivity contribution < 1.29 is 0 Å². The molecule has 0 N–H and O–H groups in total. The Kier molecular flexibility index (Phi) is 2.75. The average Bonchev–Trinajstić information content (AvgIpc) is 2.50. The summed E-state index contributed by atoms with van der Waals surface area (Å²) in [6, 6.07) is 0. The summed E-state index contributed by atoms with van der Waals surface area (Å²) in [6.45, 7) is 7.69. The van der Waals surface area contributed by atoms with Gasteiger partial charge in [0, 0.05) is 0 Å². The van der Waals surface area contributed by atoms with Gasteiger partial charge in [-0.25, -0.2) is 9.67 Å². The smallest absolute Gasteiger partial charge is 0.213 e. The predicted molar refractivity (Wildman–Crippen MR) is 63.6 cm³/mol. The van der Waals surface area contributed by atoms with Gasteiger partial charge in [0.05, 0.1) is 27.2 Å². The van der Waals surface area contributed by atoms with E-state index in [9.17, 15) is 0 Å². The number of hydrogen-bond donors (Lipinski definition) is 0. The normalized spacial score (nSPS) is 10.8. The van der Waals surface area contributed by atoms with Crippen molar-refractivity contribution in [1.82, 2.24) is 25.0 Å². The molecule has 5 nitrogen and oxygen atoms in total. The van der Waals surface area contributed by atoms with Crippen LogP contribution in [0.1, 0.15) is 22.8 Å². The van der Waals surface area contributed by atoms with Crippen molar-refractivity contribution in [3.8, 4) is 5.95 Å². The minimum Gasteiger partial charge on any atom is -0.213 e. The lowest BCUT2D eigenvalue weighted by Gasteiger charge is -2.03. The molecule has 0 aliphatic heterocycles. The monoisotopic (exact) mass is 281 g/mol. The summed E-state index contributed by atoms with van der Waals surface area (Å²) in [4.78, 5) is 4.36. The molecule has 0 amide bonds. The lowest BCUT2D eigenvalue weighted by Crippen LogP contribution is -2.08. The molecular formula is C10H12BrN5. The fraction of sp³-hybridized carbons (Fsp3) is 0.400. The molecule has 0 fully saturated rings. The third-order valence-corrected chi connectivity index (χ3v) is 3.62. The summed E-state index contributed by atoms with van der Waals surface area (Å²) in [5, 5.41) is 12.4. The number of aryl methyl sites for hydroxylation is 3. The average molecular weight is 282 g/mol. The molecule has 2 aromatic rings. The van der Waals surface area contributed by atoms with Gasteiger partial charge in [0.2, 0.25) is 0 Å². The molecule has 0 unspecified atom stereocenters. The van der Waals surface area contributed by atoms with Crippen LogP contribution < -0.4 is 0 Å². The van der Waals surface area contributed by atoms with Gasteiger partial charge in [-0.05, 0) is 43.6 Å². The van der Waals surface area contributed by atoms with E-state index in [-0.39, 0.29) is 0 Å². The van der Waals surface area contributed by atoms with Crippen LogP contribution in [0.2, 0.25) is 0 Å². The molecule has 0 saturated carbocycles. The maximum absolute atomic E-state index is 4.36. The zero-order valence-electron chi connectivity index (χ0n) is 9.61. The molecular weight excluding hydrogens is 270 g/mol.